The SMILES string of the molecule is Brc1ccc2c(c1)Cc1cc(Br)ccc1-2.CC(C)(C)OC(=O)N(CCCl)CCCl. The van der Waals surface area contributed by atoms with Crippen LogP contribution >= 0.6 is 55.1 Å². The number of rotatable bonds is 4. The number of carbonyl (C=O) groups is 1. The van der Waals surface area contributed by atoms with Crippen LogP contribution in [0.15, 0.2) is 45.3 Å². The molecule has 2 aromatic rings. The summed E-state index contributed by atoms with van der Waals surface area (Å²) in [6, 6.07) is 13.0. The van der Waals surface area contributed by atoms with Crippen molar-refractivity contribution < 1.29 is 9.53 Å². The summed E-state index contributed by atoms with van der Waals surface area (Å²) in [6.07, 6.45) is 0.683. The van der Waals surface area contributed by atoms with E-state index < -0.39 is 5.60 Å². The largest absolute Gasteiger partial charge is 0.444 e. The van der Waals surface area contributed by atoms with E-state index in [2.05, 4.69) is 68.3 Å². The van der Waals surface area contributed by atoms with E-state index in [9.17, 15) is 4.79 Å². The van der Waals surface area contributed by atoms with Crippen LogP contribution in [0.2, 0.25) is 0 Å². The zero-order valence-electron chi connectivity index (χ0n) is 16.8. The molecule has 0 heterocycles. The smallest absolute Gasteiger partial charge is 0.410 e. The molecule has 1 aliphatic carbocycles. The monoisotopic (exact) mass is 563 g/mol. The molecule has 29 heavy (non-hydrogen) atoms. The topological polar surface area (TPSA) is 29.5 Å². The maximum absolute atomic E-state index is 11.5. The Kier molecular flexibility index (Phi) is 9.33. The van der Waals surface area contributed by atoms with E-state index in [0.29, 0.717) is 24.8 Å². The van der Waals surface area contributed by atoms with E-state index in [0.717, 1.165) is 15.4 Å². The molecule has 3 rings (SSSR count). The molecule has 0 bridgehead atoms. The molecule has 2 aromatic carbocycles. The van der Waals surface area contributed by atoms with E-state index in [1.54, 1.807) is 0 Å². The second-order valence-corrected chi connectivity index (χ2v) is 10.2. The number of hydrogen-bond acceptors (Lipinski definition) is 2. The van der Waals surface area contributed by atoms with Crippen molar-refractivity contribution in [3.05, 3.63) is 56.5 Å². The second kappa shape index (κ2) is 11.0. The summed E-state index contributed by atoms with van der Waals surface area (Å²) in [4.78, 5) is 13.0. The third kappa shape index (κ3) is 7.46. The second-order valence-electron chi connectivity index (χ2n) is 7.63. The fourth-order valence-electron chi connectivity index (χ4n) is 2.97. The lowest BCUT2D eigenvalue weighted by atomic mass is 10.1. The normalized spacial score (nSPS) is 11.8. The van der Waals surface area contributed by atoms with Crippen LogP contribution in [0.5, 0.6) is 0 Å². The zero-order chi connectivity index (χ0) is 21.6. The lowest BCUT2D eigenvalue weighted by Crippen LogP contribution is -2.39. The number of hydrogen-bond donors (Lipinski definition) is 0. The predicted octanol–water partition coefficient (Wildman–Crippen LogP) is 7.48. The molecule has 1 amide bonds. The lowest BCUT2D eigenvalue weighted by molar-refractivity contribution is 0.0273. The molecular formula is C22H25Br2Cl2NO2. The highest BCUT2D eigenvalue weighted by molar-refractivity contribution is 9.10. The number of benzene rings is 2. The van der Waals surface area contributed by atoms with Gasteiger partial charge in [0.05, 0.1) is 0 Å². The molecule has 0 unspecified atom stereocenters. The van der Waals surface area contributed by atoms with Gasteiger partial charge in [0.2, 0.25) is 0 Å². The maximum Gasteiger partial charge on any atom is 0.410 e. The molecule has 0 N–H and O–H groups in total. The molecule has 0 aliphatic heterocycles. The third-order valence-corrected chi connectivity index (χ3v) is 5.49. The highest BCUT2D eigenvalue weighted by Gasteiger charge is 2.21. The Bertz CT molecular complexity index is 798. The van der Waals surface area contributed by atoms with Gasteiger partial charge in [0.15, 0.2) is 0 Å². The fraction of sp³-hybridized carbons (Fsp3) is 0.409. The first kappa shape index (κ1) is 24.5. The van der Waals surface area contributed by atoms with Gasteiger partial charge >= 0.3 is 6.09 Å². The van der Waals surface area contributed by atoms with Gasteiger partial charge in [-0.1, -0.05) is 44.0 Å². The van der Waals surface area contributed by atoms with Crippen LogP contribution in [0.4, 0.5) is 4.79 Å². The van der Waals surface area contributed by atoms with Crippen LogP contribution in [-0.2, 0) is 11.2 Å². The summed E-state index contributed by atoms with van der Waals surface area (Å²) in [6.45, 7) is 6.39. The molecule has 0 saturated carbocycles. The number of nitrogens with zero attached hydrogens (tertiary/aromatic N) is 1. The van der Waals surface area contributed by atoms with Gasteiger partial charge in [-0.15, -0.1) is 23.2 Å². The van der Waals surface area contributed by atoms with Crippen molar-refractivity contribution in [2.75, 3.05) is 24.8 Å². The van der Waals surface area contributed by atoms with Gasteiger partial charge in [0.1, 0.15) is 5.60 Å². The van der Waals surface area contributed by atoms with E-state index in [-0.39, 0.29) is 6.09 Å². The maximum atomic E-state index is 11.5. The minimum Gasteiger partial charge on any atom is -0.444 e. The molecule has 0 radical (unpaired) electrons. The number of carbonyl (C=O) groups excluding carboxylic acids is 1. The van der Waals surface area contributed by atoms with E-state index in [1.807, 2.05) is 20.8 Å². The molecule has 0 fully saturated rings. The van der Waals surface area contributed by atoms with Crippen LogP contribution < -0.4 is 0 Å². The van der Waals surface area contributed by atoms with Gasteiger partial charge in [0.25, 0.3) is 0 Å². The summed E-state index contributed by atoms with van der Waals surface area (Å²) in [5, 5.41) is 0. The van der Waals surface area contributed by atoms with Crippen molar-refractivity contribution >= 4 is 61.2 Å². The molecular weight excluding hydrogens is 541 g/mol. The number of amides is 1. The Balaban J connectivity index is 0.000000208. The Morgan fingerprint density at radius 2 is 1.41 bits per heavy atom. The van der Waals surface area contributed by atoms with Crippen LogP contribution in [0.3, 0.4) is 0 Å². The molecule has 158 valence electrons. The van der Waals surface area contributed by atoms with Crippen molar-refractivity contribution in [2.24, 2.45) is 0 Å². The molecule has 0 aromatic heterocycles. The first-order valence-electron chi connectivity index (χ1n) is 9.31. The lowest BCUT2D eigenvalue weighted by Gasteiger charge is -2.26. The Hall–Kier alpha value is -0.750. The number of alkyl halides is 2. The number of halogens is 4. The van der Waals surface area contributed by atoms with Crippen molar-refractivity contribution in [3.63, 3.8) is 0 Å². The third-order valence-electron chi connectivity index (χ3n) is 4.17. The Morgan fingerprint density at radius 1 is 0.966 bits per heavy atom. The van der Waals surface area contributed by atoms with E-state index in [1.165, 1.54) is 27.2 Å². The van der Waals surface area contributed by atoms with Gasteiger partial charge in [0, 0.05) is 33.8 Å². The van der Waals surface area contributed by atoms with Crippen molar-refractivity contribution in [1.82, 2.24) is 4.90 Å². The Morgan fingerprint density at radius 3 is 1.79 bits per heavy atom. The summed E-state index contributed by atoms with van der Waals surface area (Å²) in [5.41, 5.74) is 5.10. The van der Waals surface area contributed by atoms with Gasteiger partial charge in [-0.05, 0) is 73.7 Å². The molecule has 0 spiro atoms. The summed E-state index contributed by atoms with van der Waals surface area (Å²) >= 11 is 18.1. The van der Waals surface area contributed by atoms with Crippen molar-refractivity contribution in [3.8, 4) is 11.1 Å². The molecule has 0 atom stereocenters. The van der Waals surface area contributed by atoms with Crippen molar-refractivity contribution in [2.45, 2.75) is 32.8 Å². The minimum atomic E-state index is -0.478. The average Bonchev–Trinajstić information content (AvgIpc) is 2.96. The van der Waals surface area contributed by atoms with Gasteiger partial charge in [-0.25, -0.2) is 4.79 Å². The molecule has 3 nitrogen and oxygen atoms in total. The van der Waals surface area contributed by atoms with E-state index >= 15 is 0 Å². The number of fused-ring (bicyclic) bond motifs is 3. The fourth-order valence-corrected chi connectivity index (χ4v) is 4.20. The standard InChI is InChI=1S/C13H8Br2.C9H17Cl2NO2/c14-10-1-3-12-8(6-10)5-9-7-11(15)2-4-13(9)12;1-9(2,3)14-8(13)12(6-4-10)7-5-11/h1-4,6-7H,5H2;4-7H2,1-3H3. The van der Waals surface area contributed by atoms with Crippen LogP contribution in [-0.4, -0.2) is 41.4 Å². The van der Waals surface area contributed by atoms with Crippen LogP contribution in [0.1, 0.15) is 31.9 Å². The van der Waals surface area contributed by atoms with Crippen LogP contribution in [0.25, 0.3) is 11.1 Å². The minimum absolute atomic E-state index is 0.362. The Labute approximate surface area is 200 Å². The molecule has 0 saturated heterocycles. The van der Waals surface area contributed by atoms with Crippen LogP contribution in [0, 0.1) is 0 Å². The number of ether oxygens (including phenoxy) is 1. The quantitative estimate of drug-likeness (QED) is 0.307. The predicted molar refractivity (Wildman–Crippen MR) is 129 cm³/mol. The van der Waals surface area contributed by atoms with Gasteiger partial charge < -0.3 is 9.64 Å². The van der Waals surface area contributed by atoms with E-state index in [4.69, 9.17) is 27.9 Å². The summed E-state index contributed by atoms with van der Waals surface area (Å²) < 4.78 is 7.50. The summed E-state index contributed by atoms with van der Waals surface area (Å²) in [7, 11) is 0. The zero-order valence-corrected chi connectivity index (χ0v) is 21.5. The average molecular weight is 566 g/mol. The first-order valence-corrected chi connectivity index (χ1v) is 12.0. The van der Waals surface area contributed by atoms with Crippen molar-refractivity contribution in [1.29, 1.82) is 0 Å². The first-order chi connectivity index (χ1) is 13.6. The summed E-state index contributed by atoms with van der Waals surface area (Å²) in [5.74, 6) is 0.770. The highest BCUT2D eigenvalue weighted by atomic mass is 79.9. The highest BCUT2D eigenvalue weighted by Crippen LogP contribution is 2.38. The molecule has 1 aliphatic rings. The molecule has 7 heteroatoms. The van der Waals surface area contributed by atoms with Gasteiger partial charge in [-0.3, -0.25) is 0 Å². The van der Waals surface area contributed by atoms with Gasteiger partial charge in [-0.2, -0.15) is 0 Å².